The fourth-order valence-corrected chi connectivity index (χ4v) is 2.57. The van der Waals surface area contributed by atoms with Crippen LogP contribution in [-0.4, -0.2) is 34.4 Å². The van der Waals surface area contributed by atoms with E-state index in [-0.39, 0.29) is 35.7 Å². The van der Waals surface area contributed by atoms with Crippen molar-refractivity contribution in [1.29, 1.82) is 0 Å². The molecular weight excluding hydrogens is 324 g/mol. The standard InChI is InChI=1S/C19H22O6/c1-5-24-18(23)15-13(10-14(20)25-19(2,3)4)16(21)11-8-6-7-9-12(11)17(15)22/h6-9,21-22H,5,10H2,1-4H3. The zero-order valence-electron chi connectivity index (χ0n) is 14.8. The van der Waals surface area contributed by atoms with Gasteiger partial charge in [-0.3, -0.25) is 4.79 Å². The van der Waals surface area contributed by atoms with Crippen molar-refractivity contribution >= 4 is 22.7 Å². The van der Waals surface area contributed by atoms with E-state index in [1.807, 2.05) is 0 Å². The van der Waals surface area contributed by atoms with Gasteiger partial charge in [0.25, 0.3) is 0 Å². The highest BCUT2D eigenvalue weighted by Crippen LogP contribution is 2.40. The predicted octanol–water partition coefficient (Wildman–Crippen LogP) is 3.31. The molecule has 2 N–H and O–H groups in total. The normalized spacial score (nSPS) is 11.4. The first kappa shape index (κ1) is 18.6. The number of aromatic hydroxyl groups is 2. The van der Waals surface area contributed by atoms with Crippen LogP contribution >= 0.6 is 0 Å². The summed E-state index contributed by atoms with van der Waals surface area (Å²) >= 11 is 0. The van der Waals surface area contributed by atoms with Gasteiger partial charge < -0.3 is 19.7 Å². The van der Waals surface area contributed by atoms with E-state index in [9.17, 15) is 19.8 Å². The highest BCUT2D eigenvalue weighted by Gasteiger charge is 2.28. The van der Waals surface area contributed by atoms with Crippen LogP contribution in [0.4, 0.5) is 0 Å². The predicted molar refractivity (Wildman–Crippen MR) is 92.8 cm³/mol. The molecule has 6 nitrogen and oxygen atoms in total. The van der Waals surface area contributed by atoms with Gasteiger partial charge in [0.05, 0.1) is 13.0 Å². The summed E-state index contributed by atoms with van der Waals surface area (Å²) in [5.74, 6) is -2.00. The minimum absolute atomic E-state index is 0.0103. The number of fused-ring (bicyclic) bond motifs is 1. The van der Waals surface area contributed by atoms with E-state index in [2.05, 4.69) is 0 Å². The first-order chi connectivity index (χ1) is 11.7. The SMILES string of the molecule is CCOC(=O)c1c(CC(=O)OC(C)(C)C)c(O)c2ccccc2c1O. The molecule has 6 heteroatoms. The van der Waals surface area contributed by atoms with Crippen LogP contribution in [0.1, 0.15) is 43.6 Å². The van der Waals surface area contributed by atoms with E-state index in [4.69, 9.17) is 9.47 Å². The van der Waals surface area contributed by atoms with Crippen molar-refractivity contribution < 1.29 is 29.3 Å². The number of ether oxygens (including phenoxy) is 2. The van der Waals surface area contributed by atoms with Crippen LogP contribution in [-0.2, 0) is 20.7 Å². The molecule has 2 rings (SSSR count). The van der Waals surface area contributed by atoms with E-state index >= 15 is 0 Å². The molecule has 0 heterocycles. The third-order valence-corrected chi connectivity index (χ3v) is 3.48. The average Bonchev–Trinajstić information content (AvgIpc) is 2.51. The molecule has 25 heavy (non-hydrogen) atoms. The van der Waals surface area contributed by atoms with Gasteiger partial charge in [-0.05, 0) is 27.7 Å². The number of carbonyl (C=O) groups excluding carboxylic acids is 2. The second-order valence-electron chi connectivity index (χ2n) is 6.58. The second-order valence-corrected chi connectivity index (χ2v) is 6.58. The molecule has 2 aromatic rings. The lowest BCUT2D eigenvalue weighted by molar-refractivity contribution is -0.153. The number of hydrogen-bond acceptors (Lipinski definition) is 6. The third kappa shape index (κ3) is 4.02. The molecule has 0 saturated heterocycles. The number of phenolic OH excluding ortho intramolecular Hbond substituents is 2. The highest BCUT2D eigenvalue weighted by atomic mass is 16.6. The van der Waals surface area contributed by atoms with Gasteiger partial charge in [0, 0.05) is 16.3 Å². The van der Waals surface area contributed by atoms with Gasteiger partial charge in [-0.2, -0.15) is 0 Å². The number of carbonyl (C=O) groups is 2. The lowest BCUT2D eigenvalue weighted by Gasteiger charge is -2.21. The van der Waals surface area contributed by atoms with Crippen molar-refractivity contribution in [3.8, 4) is 11.5 Å². The second kappa shape index (κ2) is 7.01. The summed E-state index contributed by atoms with van der Waals surface area (Å²) in [7, 11) is 0. The summed E-state index contributed by atoms with van der Waals surface area (Å²) in [6.07, 6.45) is -0.365. The van der Waals surface area contributed by atoms with Crippen molar-refractivity contribution in [3.05, 3.63) is 35.4 Å². The van der Waals surface area contributed by atoms with Crippen LogP contribution in [0.25, 0.3) is 10.8 Å². The van der Waals surface area contributed by atoms with Gasteiger partial charge in [0.15, 0.2) is 0 Å². The van der Waals surface area contributed by atoms with Crippen LogP contribution < -0.4 is 0 Å². The summed E-state index contributed by atoms with van der Waals surface area (Å²) in [5.41, 5.74) is -0.941. The Morgan fingerprint density at radius 2 is 1.60 bits per heavy atom. The van der Waals surface area contributed by atoms with E-state index in [1.165, 1.54) is 0 Å². The molecule has 0 aliphatic rings. The molecule has 0 aliphatic heterocycles. The van der Waals surface area contributed by atoms with E-state index < -0.39 is 17.5 Å². The Hall–Kier alpha value is -2.76. The van der Waals surface area contributed by atoms with Gasteiger partial charge in [0.1, 0.15) is 22.7 Å². The zero-order valence-corrected chi connectivity index (χ0v) is 14.8. The largest absolute Gasteiger partial charge is 0.507 e. The van der Waals surface area contributed by atoms with E-state index in [0.29, 0.717) is 10.8 Å². The number of esters is 2. The fraction of sp³-hybridized carbons (Fsp3) is 0.368. The quantitative estimate of drug-likeness (QED) is 0.652. The molecule has 0 aromatic heterocycles. The van der Waals surface area contributed by atoms with Gasteiger partial charge in [-0.1, -0.05) is 24.3 Å². The van der Waals surface area contributed by atoms with Gasteiger partial charge in [-0.15, -0.1) is 0 Å². The summed E-state index contributed by atoms with van der Waals surface area (Å²) in [6, 6.07) is 6.52. The Labute approximate surface area is 146 Å². The van der Waals surface area contributed by atoms with Crippen LogP contribution in [0.5, 0.6) is 11.5 Å². The van der Waals surface area contributed by atoms with Crippen molar-refractivity contribution in [2.45, 2.75) is 39.7 Å². The highest BCUT2D eigenvalue weighted by molar-refractivity contribution is 6.06. The molecule has 0 unspecified atom stereocenters. The topological polar surface area (TPSA) is 93.1 Å². The molecule has 0 fully saturated rings. The first-order valence-electron chi connectivity index (χ1n) is 8.00. The summed E-state index contributed by atoms with van der Waals surface area (Å²) in [5, 5.41) is 21.8. The molecule has 0 atom stereocenters. The van der Waals surface area contributed by atoms with Gasteiger partial charge >= 0.3 is 11.9 Å². The van der Waals surface area contributed by atoms with Gasteiger partial charge in [-0.25, -0.2) is 4.79 Å². The minimum Gasteiger partial charge on any atom is -0.507 e. The van der Waals surface area contributed by atoms with Crippen molar-refractivity contribution in [1.82, 2.24) is 0 Å². The molecule has 0 aliphatic carbocycles. The molecule has 0 spiro atoms. The van der Waals surface area contributed by atoms with Gasteiger partial charge in [0.2, 0.25) is 0 Å². The number of rotatable bonds is 4. The molecule has 0 bridgehead atoms. The maximum Gasteiger partial charge on any atom is 0.342 e. The van der Waals surface area contributed by atoms with Crippen LogP contribution in [0.2, 0.25) is 0 Å². The van der Waals surface area contributed by atoms with Crippen molar-refractivity contribution in [3.63, 3.8) is 0 Å². The van der Waals surface area contributed by atoms with E-state index in [0.717, 1.165) is 0 Å². The van der Waals surface area contributed by atoms with Crippen LogP contribution in [0, 0.1) is 0 Å². The molecular formula is C19H22O6. The Bertz CT molecular complexity index is 817. The molecule has 2 aromatic carbocycles. The lowest BCUT2D eigenvalue weighted by Crippen LogP contribution is -2.25. The molecule has 0 radical (unpaired) electrons. The first-order valence-corrected chi connectivity index (χ1v) is 8.00. The maximum atomic E-state index is 12.3. The van der Waals surface area contributed by atoms with Crippen LogP contribution in [0.15, 0.2) is 24.3 Å². The molecule has 0 amide bonds. The number of phenols is 2. The molecule has 0 saturated carbocycles. The average molecular weight is 346 g/mol. The number of benzene rings is 2. The zero-order chi connectivity index (χ0) is 18.8. The lowest BCUT2D eigenvalue weighted by atomic mass is 9.95. The van der Waals surface area contributed by atoms with Crippen LogP contribution in [0.3, 0.4) is 0 Å². The monoisotopic (exact) mass is 346 g/mol. The van der Waals surface area contributed by atoms with Crippen molar-refractivity contribution in [2.75, 3.05) is 6.61 Å². The Morgan fingerprint density at radius 3 is 2.12 bits per heavy atom. The summed E-state index contributed by atoms with van der Waals surface area (Å²) in [4.78, 5) is 24.5. The number of hydrogen-bond donors (Lipinski definition) is 2. The van der Waals surface area contributed by atoms with E-state index in [1.54, 1.807) is 52.0 Å². The maximum absolute atomic E-state index is 12.3. The smallest absolute Gasteiger partial charge is 0.342 e. The Kier molecular flexibility index (Phi) is 5.21. The van der Waals surface area contributed by atoms with Crippen molar-refractivity contribution in [2.24, 2.45) is 0 Å². The summed E-state index contributed by atoms with van der Waals surface area (Å²) < 4.78 is 10.2. The third-order valence-electron chi connectivity index (χ3n) is 3.48. The summed E-state index contributed by atoms with van der Waals surface area (Å²) in [6.45, 7) is 6.87. The Morgan fingerprint density at radius 1 is 1.04 bits per heavy atom. The fourth-order valence-electron chi connectivity index (χ4n) is 2.57. The minimum atomic E-state index is -0.806. The Balaban J connectivity index is 2.63. The molecule has 134 valence electrons.